The molecule has 1 N–H and O–H groups in total. The van der Waals surface area contributed by atoms with Gasteiger partial charge in [0.2, 0.25) is 0 Å². The van der Waals surface area contributed by atoms with E-state index in [1.54, 1.807) is 30.3 Å². The Morgan fingerprint density at radius 2 is 1.29 bits per heavy atom. The fourth-order valence-corrected chi connectivity index (χ4v) is 4.01. The van der Waals surface area contributed by atoms with E-state index in [4.69, 9.17) is 0 Å². The summed E-state index contributed by atoms with van der Waals surface area (Å²) in [5.74, 6) is -0.483. The van der Waals surface area contributed by atoms with Gasteiger partial charge in [-0.25, -0.2) is 0 Å². The predicted molar refractivity (Wildman–Crippen MR) is 124 cm³/mol. The van der Waals surface area contributed by atoms with Crippen molar-refractivity contribution in [1.82, 2.24) is 0 Å². The van der Waals surface area contributed by atoms with Gasteiger partial charge in [0.05, 0.1) is 22.7 Å². The summed E-state index contributed by atoms with van der Waals surface area (Å²) in [6.45, 7) is 3.76. The molecule has 0 atom stereocenters. The molecule has 0 amide bonds. The van der Waals surface area contributed by atoms with Gasteiger partial charge >= 0.3 is 29.6 Å². The molecule has 4 aromatic rings. The number of hydrogen-bond acceptors (Lipinski definition) is 7. The molecule has 0 aliphatic rings. The summed E-state index contributed by atoms with van der Waals surface area (Å²) >= 11 is 0. The summed E-state index contributed by atoms with van der Waals surface area (Å²) < 4.78 is 33.2. The Hall–Kier alpha value is -2.95. The molecule has 0 aliphatic heterocycles. The van der Waals surface area contributed by atoms with E-state index >= 15 is 0 Å². The van der Waals surface area contributed by atoms with Gasteiger partial charge in [-0.05, 0) is 60.7 Å². The van der Waals surface area contributed by atoms with Gasteiger partial charge in [0.15, 0.2) is 0 Å². The van der Waals surface area contributed by atoms with Crippen LogP contribution in [0.1, 0.15) is 11.1 Å². The van der Waals surface area contributed by atoms with Crippen molar-refractivity contribution in [1.29, 1.82) is 0 Å². The Labute approximate surface area is 219 Å². The summed E-state index contributed by atoms with van der Waals surface area (Å²) in [6.07, 6.45) is 0. The second kappa shape index (κ2) is 10.5. The van der Waals surface area contributed by atoms with Crippen molar-refractivity contribution in [3.8, 4) is 5.75 Å². The number of azo groups is 2. The molecule has 8 nitrogen and oxygen atoms in total. The van der Waals surface area contributed by atoms with E-state index in [1.165, 1.54) is 12.1 Å². The fourth-order valence-electron chi connectivity index (χ4n) is 3.30. The summed E-state index contributed by atoms with van der Waals surface area (Å²) in [5.41, 5.74) is 3.43. The smallest absolute Gasteiger partial charge is 0.871 e. The molecular weight excluding hydrogens is 463 g/mol. The number of aryl methyl sites for hydroxylation is 2. The molecule has 0 radical (unpaired) electrons. The van der Waals surface area contributed by atoms with Crippen molar-refractivity contribution >= 4 is 43.6 Å². The van der Waals surface area contributed by atoms with Gasteiger partial charge in [-0.15, -0.1) is 0 Å². The van der Waals surface area contributed by atoms with Gasteiger partial charge in [-0.2, -0.15) is 28.9 Å². The van der Waals surface area contributed by atoms with E-state index < -0.39 is 20.8 Å². The monoisotopic (exact) mass is 482 g/mol. The van der Waals surface area contributed by atoms with Crippen LogP contribution in [0.15, 0.2) is 98.1 Å². The number of nitrogens with zero attached hydrogens (tertiary/aromatic N) is 4. The number of fused-ring (bicyclic) bond motifs is 1. The zero-order chi connectivity index (χ0) is 23.6. The largest absolute Gasteiger partial charge is 1.00 e. The maximum absolute atomic E-state index is 12.8. The van der Waals surface area contributed by atoms with Gasteiger partial charge in [0, 0.05) is 5.39 Å². The van der Waals surface area contributed by atoms with Crippen molar-refractivity contribution in [3.63, 3.8) is 0 Å². The van der Waals surface area contributed by atoms with Crippen LogP contribution in [0, 0.1) is 13.8 Å². The third-order valence-corrected chi connectivity index (χ3v) is 5.94. The molecule has 0 saturated heterocycles. The van der Waals surface area contributed by atoms with E-state index in [0.717, 1.165) is 22.9 Å². The predicted octanol–water partition coefficient (Wildman–Crippen LogP) is 3.61. The molecule has 4 aromatic carbocycles. The first-order valence-corrected chi connectivity index (χ1v) is 11.4. The molecule has 0 fully saturated rings. The van der Waals surface area contributed by atoms with Gasteiger partial charge in [0.25, 0.3) is 10.1 Å². The molecular formula is C24H19N4NaO4S. The van der Waals surface area contributed by atoms with Gasteiger partial charge in [-0.1, -0.05) is 48.2 Å². The number of benzene rings is 4. The van der Waals surface area contributed by atoms with Crippen molar-refractivity contribution < 1.29 is 47.6 Å². The second-order valence-corrected chi connectivity index (χ2v) is 8.79. The van der Waals surface area contributed by atoms with Gasteiger partial charge < -0.3 is 5.11 Å². The molecule has 0 unspecified atom stereocenters. The standard InChI is InChI=1S/C24H20N4O4S.Na/c1-15-7-3-6-10-20(15)26-25-17-11-12-21(16(2)13-17)27-28-22-14-23(33(30,31)32)18-8-4-5-9-19(18)24(22)29;/h3-14,29H,1-2H3,(H,30,31,32);/q;+1/p-1. The molecule has 0 saturated carbocycles. The quantitative estimate of drug-likeness (QED) is 0.265. The van der Waals surface area contributed by atoms with Crippen LogP contribution in [0.25, 0.3) is 10.8 Å². The van der Waals surface area contributed by atoms with E-state index in [0.29, 0.717) is 11.4 Å². The average Bonchev–Trinajstić information content (AvgIpc) is 2.78. The van der Waals surface area contributed by atoms with Crippen LogP contribution in [0.4, 0.5) is 22.7 Å². The normalized spacial score (nSPS) is 11.9. The van der Waals surface area contributed by atoms with E-state index in [1.807, 2.05) is 38.1 Å². The van der Waals surface area contributed by atoms with Crippen molar-refractivity contribution in [3.05, 3.63) is 83.9 Å². The molecule has 4 rings (SSSR count). The minimum atomic E-state index is -4.56. The first-order chi connectivity index (χ1) is 15.7. The molecule has 0 spiro atoms. The van der Waals surface area contributed by atoms with Crippen LogP contribution in [0.3, 0.4) is 0 Å². The first kappa shape index (κ1) is 25.7. The van der Waals surface area contributed by atoms with Crippen LogP contribution >= 0.6 is 0 Å². The summed E-state index contributed by atoms with van der Waals surface area (Å²) in [6, 6.07) is 20.0. The molecule has 0 heterocycles. The maximum atomic E-state index is 12.8. The van der Waals surface area contributed by atoms with Crippen molar-refractivity contribution in [2.24, 2.45) is 20.5 Å². The summed E-state index contributed by atoms with van der Waals surface area (Å²) in [4.78, 5) is -0.393. The maximum Gasteiger partial charge on any atom is 1.00 e. The molecule has 34 heavy (non-hydrogen) atoms. The number of hydrogen-bond donors (Lipinski definition) is 1. The Morgan fingerprint density at radius 3 is 1.97 bits per heavy atom. The molecule has 0 bridgehead atoms. The van der Waals surface area contributed by atoms with Crippen molar-refractivity contribution in [2.75, 3.05) is 0 Å². The van der Waals surface area contributed by atoms with Gasteiger partial charge in [0.1, 0.15) is 4.90 Å². The zero-order valence-electron chi connectivity index (χ0n) is 18.8. The zero-order valence-corrected chi connectivity index (χ0v) is 21.6. The molecule has 0 aromatic heterocycles. The molecule has 166 valence electrons. The average molecular weight is 482 g/mol. The topological polar surface area (TPSA) is 127 Å². The number of rotatable bonds is 5. The van der Waals surface area contributed by atoms with E-state index in [-0.39, 0.29) is 46.0 Å². The SMILES string of the molecule is Cc1ccccc1N=Nc1ccc(N=Nc2cc(S(=O)(=O)O)c3ccccc3c2[O-])c(C)c1.[Na+]. The Bertz CT molecular complexity index is 1540. The third-order valence-electron chi connectivity index (χ3n) is 5.05. The minimum Gasteiger partial charge on any atom is -0.871 e. The Kier molecular flexibility index (Phi) is 7.96. The van der Waals surface area contributed by atoms with Crippen LogP contribution < -0.4 is 34.7 Å². The van der Waals surface area contributed by atoms with Crippen LogP contribution in [0.5, 0.6) is 5.75 Å². The fraction of sp³-hybridized carbons (Fsp3) is 0.0833. The third kappa shape index (κ3) is 5.57. The first-order valence-electron chi connectivity index (χ1n) is 9.94. The van der Waals surface area contributed by atoms with Crippen LogP contribution in [0.2, 0.25) is 0 Å². The van der Waals surface area contributed by atoms with Crippen LogP contribution in [-0.2, 0) is 10.1 Å². The second-order valence-electron chi connectivity index (χ2n) is 7.40. The Balaban J connectivity index is 0.00000324. The van der Waals surface area contributed by atoms with E-state index in [9.17, 15) is 18.1 Å². The Morgan fingerprint density at radius 1 is 0.706 bits per heavy atom. The summed E-state index contributed by atoms with van der Waals surface area (Å²) in [5, 5.41) is 29.6. The summed E-state index contributed by atoms with van der Waals surface area (Å²) in [7, 11) is -4.56. The van der Waals surface area contributed by atoms with Gasteiger partial charge in [-0.3, -0.25) is 4.55 Å². The van der Waals surface area contributed by atoms with E-state index in [2.05, 4.69) is 20.5 Å². The van der Waals surface area contributed by atoms with Crippen LogP contribution in [-0.4, -0.2) is 13.0 Å². The minimum absolute atomic E-state index is 0. The van der Waals surface area contributed by atoms with Crippen molar-refractivity contribution in [2.45, 2.75) is 18.7 Å². The molecule has 10 heteroatoms. The molecule has 0 aliphatic carbocycles.